The zero-order valence-electron chi connectivity index (χ0n) is 17.6. The molecule has 1 aliphatic rings. The minimum atomic E-state index is -2.47. The summed E-state index contributed by atoms with van der Waals surface area (Å²) in [5.41, 5.74) is 3.36. The van der Waals surface area contributed by atoms with Crippen molar-refractivity contribution in [2.45, 2.75) is 44.8 Å². The lowest BCUT2D eigenvalue weighted by molar-refractivity contribution is 0.127. The second-order valence-corrected chi connectivity index (χ2v) is 8.27. The van der Waals surface area contributed by atoms with Crippen molar-refractivity contribution in [2.24, 2.45) is 0 Å². The highest BCUT2D eigenvalue weighted by molar-refractivity contribution is 5.82. The Morgan fingerprint density at radius 1 is 1.19 bits per heavy atom. The summed E-state index contributed by atoms with van der Waals surface area (Å²) in [5.74, 6) is 1.11. The van der Waals surface area contributed by atoms with Crippen molar-refractivity contribution in [1.82, 2.24) is 34.0 Å². The summed E-state index contributed by atoms with van der Waals surface area (Å²) >= 11 is 0. The number of nitrogens with one attached hydrogen (secondary N) is 1. The first kappa shape index (κ1) is 19.8. The Kier molecular flexibility index (Phi) is 4.81. The van der Waals surface area contributed by atoms with Gasteiger partial charge in [-0.2, -0.15) is 0 Å². The summed E-state index contributed by atoms with van der Waals surface area (Å²) in [6.07, 6.45) is 3.29. The Morgan fingerprint density at radius 3 is 2.74 bits per heavy atom. The van der Waals surface area contributed by atoms with Crippen LogP contribution in [0.3, 0.4) is 0 Å². The molecule has 0 atom stereocenters. The van der Waals surface area contributed by atoms with Crippen LogP contribution in [0.15, 0.2) is 30.6 Å². The van der Waals surface area contributed by atoms with E-state index in [1.807, 2.05) is 24.4 Å². The van der Waals surface area contributed by atoms with Gasteiger partial charge in [0.25, 0.3) is 6.43 Å². The second kappa shape index (κ2) is 7.52. The third-order valence-electron chi connectivity index (χ3n) is 5.97. The molecule has 10 heteroatoms. The van der Waals surface area contributed by atoms with Gasteiger partial charge in [0.05, 0.1) is 24.0 Å². The van der Waals surface area contributed by atoms with Crippen LogP contribution in [-0.4, -0.2) is 66.6 Å². The molecule has 1 N–H and O–H groups in total. The summed E-state index contributed by atoms with van der Waals surface area (Å²) in [6.45, 7) is 1.28. The van der Waals surface area contributed by atoms with E-state index in [0.29, 0.717) is 40.7 Å². The number of aryl methyl sites for hydroxylation is 1. The molecule has 4 aromatic rings. The summed E-state index contributed by atoms with van der Waals surface area (Å²) in [6, 6.07) is 6.54. The van der Waals surface area contributed by atoms with E-state index in [2.05, 4.69) is 44.4 Å². The van der Waals surface area contributed by atoms with E-state index in [1.54, 1.807) is 17.6 Å². The second-order valence-electron chi connectivity index (χ2n) is 8.27. The largest absolute Gasteiger partial charge is 0.350 e. The van der Waals surface area contributed by atoms with Crippen LogP contribution in [0, 0.1) is 6.92 Å². The molecule has 31 heavy (non-hydrogen) atoms. The molecule has 0 unspecified atom stereocenters. The molecule has 4 heterocycles. The van der Waals surface area contributed by atoms with Crippen LogP contribution in [0.5, 0.6) is 0 Å². The summed E-state index contributed by atoms with van der Waals surface area (Å²) in [5, 5.41) is 7.96. The van der Waals surface area contributed by atoms with Crippen LogP contribution >= 0.6 is 0 Å². The standard InChI is InChI=1S/C21H24F2N8/c1-12-25-17-5-4-16(27-20(17)30(12)11-19(22)23)15-6-7-31-18(15)10-24-21(28-31)26-13-8-14(9-13)29(2)3/h4-7,10,13-14,19H,8-9,11H2,1-3H3,(H,26,28). The quantitative estimate of drug-likeness (QED) is 0.510. The highest BCUT2D eigenvalue weighted by Crippen LogP contribution is 2.28. The summed E-state index contributed by atoms with van der Waals surface area (Å²) in [4.78, 5) is 15.7. The van der Waals surface area contributed by atoms with Gasteiger partial charge in [0.15, 0.2) is 5.65 Å². The summed E-state index contributed by atoms with van der Waals surface area (Å²) in [7, 11) is 4.19. The normalized spacial score (nSPS) is 18.9. The minimum absolute atomic E-state index is 0.377. The van der Waals surface area contributed by atoms with Crippen molar-refractivity contribution in [1.29, 1.82) is 0 Å². The number of pyridine rings is 1. The molecule has 162 valence electrons. The smallest absolute Gasteiger partial charge is 0.256 e. The highest BCUT2D eigenvalue weighted by atomic mass is 19.3. The molecule has 0 aliphatic heterocycles. The predicted molar refractivity (Wildman–Crippen MR) is 114 cm³/mol. The van der Waals surface area contributed by atoms with Gasteiger partial charge >= 0.3 is 0 Å². The van der Waals surface area contributed by atoms with Gasteiger partial charge in [-0.3, -0.25) is 0 Å². The number of nitrogens with zero attached hydrogens (tertiary/aromatic N) is 7. The van der Waals surface area contributed by atoms with Crippen molar-refractivity contribution in [3.63, 3.8) is 0 Å². The fraction of sp³-hybridized carbons (Fsp3) is 0.429. The molecule has 0 bridgehead atoms. The fourth-order valence-corrected chi connectivity index (χ4v) is 4.11. The maximum Gasteiger partial charge on any atom is 0.256 e. The summed E-state index contributed by atoms with van der Waals surface area (Å²) < 4.78 is 29.2. The van der Waals surface area contributed by atoms with E-state index in [-0.39, 0.29) is 0 Å². The van der Waals surface area contributed by atoms with Gasteiger partial charge in [-0.1, -0.05) is 0 Å². The van der Waals surface area contributed by atoms with E-state index in [1.165, 1.54) is 4.57 Å². The number of imidazole rings is 1. The van der Waals surface area contributed by atoms with E-state index in [9.17, 15) is 8.78 Å². The van der Waals surface area contributed by atoms with E-state index in [0.717, 1.165) is 23.9 Å². The predicted octanol–water partition coefficient (Wildman–Crippen LogP) is 3.22. The van der Waals surface area contributed by atoms with Crippen molar-refractivity contribution in [2.75, 3.05) is 19.4 Å². The first-order chi connectivity index (χ1) is 14.9. The molecule has 5 rings (SSSR count). The van der Waals surface area contributed by atoms with Crippen molar-refractivity contribution in [3.05, 3.63) is 36.4 Å². The van der Waals surface area contributed by atoms with Crippen molar-refractivity contribution in [3.8, 4) is 11.3 Å². The Hall–Kier alpha value is -3.14. The molecule has 1 saturated carbocycles. The lowest BCUT2D eigenvalue weighted by atomic mass is 9.86. The highest BCUT2D eigenvalue weighted by Gasteiger charge is 2.31. The van der Waals surface area contributed by atoms with Gasteiger partial charge < -0.3 is 14.8 Å². The minimum Gasteiger partial charge on any atom is -0.350 e. The molecule has 1 aliphatic carbocycles. The SMILES string of the molecule is Cc1nc2ccc(-c3ccn4nc(NC5CC(N(C)C)C5)ncc34)nc2n1CC(F)F. The molecule has 4 aromatic heterocycles. The number of fused-ring (bicyclic) bond motifs is 2. The van der Waals surface area contributed by atoms with Crippen LogP contribution < -0.4 is 5.32 Å². The van der Waals surface area contributed by atoms with Crippen LogP contribution in [0.2, 0.25) is 0 Å². The van der Waals surface area contributed by atoms with Gasteiger partial charge in [-0.05, 0) is 52.1 Å². The Labute approximate surface area is 177 Å². The molecular formula is C21H24F2N8. The number of aromatic nitrogens is 6. The fourth-order valence-electron chi connectivity index (χ4n) is 4.11. The first-order valence-electron chi connectivity index (χ1n) is 10.3. The number of hydrogen-bond donors (Lipinski definition) is 1. The topological polar surface area (TPSA) is 76.2 Å². The molecule has 0 radical (unpaired) electrons. The average molecular weight is 426 g/mol. The Balaban J connectivity index is 1.43. The van der Waals surface area contributed by atoms with Crippen LogP contribution in [0.4, 0.5) is 14.7 Å². The number of anilines is 1. The molecule has 0 spiro atoms. The average Bonchev–Trinajstić information content (AvgIpc) is 3.24. The zero-order chi connectivity index (χ0) is 21.7. The van der Waals surface area contributed by atoms with Gasteiger partial charge in [0.1, 0.15) is 11.3 Å². The van der Waals surface area contributed by atoms with E-state index in [4.69, 9.17) is 0 Å². The van der Waals surface area contributed by atoms with Crippen LogP contribution in [0.25, 0.3) is 27.9 Å². The Morgan fingerprint density at radius 2 is 2.00 bits per heavy atom. The number of halogens is 2. The van der Waals surface area contributed by atoms with Gasteiger partial charge in [0.2, 0.25) is 5.95 Å². The van der Waals surface area contributed by atoms with Crippen LogP contribution in [0.1, 0.15) is 18.7 Å². The van der Waals surface area contributed by atoms with Crippen molar-refractivity contribution < 1.29 is 8.78 Å². The van der Waals surface area contributed by atoms with Gasteiger partial charge in [0, 0.05) is 23.8 Å². The third kappa shape index (κ3) is 3.60. The maximum atomic E-state index is 13.0. The van der Waals surface area contributed by atoms with Gasteiger partial charge in [-0.25, -0.2) is 28.2 Å². The molecular weight excluding hydrogens is 402 g/mol. The Bertz CT molecular complexity index is 1240. The number of rotatable bonds is 6. The molecule has 8 nitrogen and oxygen atoms in total. The third-order valence-corrected chi connectivity index (χ3v) is 5.97. The molecule has 0 aromatic carbocycles. The van der Waals surface area contributed by atoms with E-state index < -0.39 is 13.0 Å². The van der Waals surface area contributed by atoms with E-state index >= 15 is 0 Å². The molecule has 0 saturated heterocycles. The molecule has 1 fully saturated rings. The van der Waals surface area contributed by atoms with Crippen LogP contribution in [-0.2, 0) is 6.54 Å². The van der Waals surface area contributed by atoms with Crippen molar-refractivity contribution >= 4 is 22.6 Å². The number of alkyl halides is 2. The first-order valence-corrected chi connectivity index (χ1v) is 10.3. The monoisotopic (exact) mass is 426 g/mol. The maximum absolute atomic E-state index is 13.0. The zero-order valence-corrected chi connectivity index (χ0v) is 17.6. The lowest BCUT2D eigenvalue weighted by Gasteiger charge is -2.39. The molecule has 0 amide bonds. The number of hydrogen-bond acceptors (Lipinski definition) is 6. The van der Waals surface area contributed by atoms with Gasteiger partial charge in [-0.15, -0.1) is 5.10 Å². The lowest BCUT2D eigenvalue weighted by Crippen LogP contribution is -2.47.